The molecule has 0 amide bonds. The second-order valence-electron chi connectivity index (χ2n) is 4.25. The lowest BCUT2D eigenvalue weighted by molar-refractivity contribution is 0.0969. The first kappa shape index (κ1) is 9.69. The van der Waals surface area contributed by atoms with Crippen molar-refractivity contribution in [2.75, 3.05) is 0 Å². The van der Waals surface area contributed by atoms with Gasteiger partial charge in [-0.2, -0.15) is 0 Å². The average molecular weight is 191 g/mol. The van der Waals surface area contributed by atoms with Crippen molar-refractivity contribution < 1.29 is 5.11 Å². The molecule has 0 atom stereocenters. The van der Waals surface area contributed by atoms with Crippen LogP contribution in [-0.4, -0.2) is 11.2 Å². The number of nitrogens with two attached hydrogens (primary N) is 1. The van der Waals surface area contributed by atoms with Gasteiger partial charge in [0.2, 0.25) is 0 Å². The molecule has 2 heteroatoms. The molecule has 76 valence electrons. The smallest absolute Gasteiger partial charge is 0.0541 e. The van der Waals surface area contributed by atoms with Gasteiger partial charge in [-0.25, -0.2) is 0 Å². The van der Waals surface area contributed by atoms with E-state index in [4.69, 9.17) is 5.73 Å². The molecular weight excluding hydrogens is 174 g/mol. The van der Waals surface area contributed by atoms with Gasteiger partial charge >= 0.3 is 0 Å². The Hall–Kier alpha value is -0.860. The number of benzene rings is 1. The number of hydrogen-bond donors (Lipinski definition) is 2. The number of aliphatic hydroxyl groups excluding tert-OH is 1. The van der Waals surface area contributed by atoms with Crippen LogP contribution in [0.1, 0.15) is 31.2 Å². The minimum atomic E-state index is -0.208. The van der Waals surface area contributed by atoms with Gasteiger partial charge in [-0.05, 0) is 31.2 Å². The maximum Gasteiger partial charge on any atom is 0.0541 e. The van der Waals surface area contributed by atoms with Crippen molar-refractivity contribution in [3.8, 4) is 0 Å². The van der Waals surface area contributed by atoms with Crippen LogP contribution in [0.3, 0.4) is 0 Å². The minimum Gasteiger partial charge on any atom is -0.393 e. The van der Waals surface area contributed by atoms with Crippen LogP contribution < -0.4 is 5.73 Å². The molecule has 2 nitrogen and oxygen atoms in total. The van der Waals surface area contributed by atoms with Crippen molar-refractivity contribution in [1.29, 1.82) is 0 Å². The highest BCUT2D eigenvalue weighted by Gasteiger charge is 2.32. The Kier molecular flexibility index (Phi) is 2.57. The highest BCUT2D eigenvalue weighted by Crippen LogP contribution is 2.34. The molecule has 0 unspecified atom stereocenters. The van der Waals surface area contributed by atoms with Crippen molar-refractivity contribution >= 4 is 0 Å². The Morgan fingerprint density at radius 1 is 1.14 bits per heavy atom. The first-order valence-corrected chi connectivity index (χ1v) is 5.23. The molecule has 0 aromatic heterocycles. The van der Waals surface area contributed by atoms with E-state index in [-0.39, 0.29) is 11.6 Å². The number of hydrogen-bond acceptors (Lipinski definition) is 2. The zero-order chi connectivity index (χ0) is 10.0. The number of rotatable bonds is 1. The third-order valence-electron chi connectivity index (χ3n) is 3.20. The highest BCUT2D eigenvalue weighted by molar-refractivity contribution is 5.24. The second kappa shape index (κ2) is 3.71. The predicted molar refractivity (Wildman–Crippen MR) is 56.8 cm³/mol. The zero-order valence-electron chi connectivity index (χ0n) is 8.32. The SMILES string of the molecule is NC1(c2ccccc2)CCC(O)CC1. The van der Waals surface area contributed by atoms with Crippen LogP contribution in [0.15, 0.2) is 30.3 Å². The van der Waals surface area contributed by atoms with Crippen molar-refractivity contribution in [2.24, 2.45) is 5.73 Å². The first-order chi connectivity index (χ1) is 6.71. The molecule has 0 spiro atoms. The Labute approximate surface area is 84.7 Å². The monoisotopic (exact) mass is 191 g/mol. The molecule has 1 aliphatic carbocycles. The third kappa shape index (κ3) is 1.81. The summed E-state index contributed by atoms with van der Waals surface area (Å²) in [6.07, 6.45) is 3.28. The molecule has 0 aliphatic heterocycles. The summed E-state index contributed by atoms with van der Waals surface area (Å²) in [6.45, 7) is 0. The fourth-order valence-electron chi connectivity index (χ4n) is 2.18. The van der Waals surface area contributed by atoms with Gasteiger partial charge in [0.1, 0.15) is 0 Å². The quantitative estimate of drug-likeness (QED) is 0.710. The summed E-state index contributed by atoms with van der Waals surface area (Å²) in [4.78, 5) is 0. The third-order valence-corrected chi connectivity index (χ3v) is 3.20. The summed E-state index contributed by atoms with van der Waals surface area (Å²) in [7, 11) is 0. The van der Waals surface area contributed by atoms with Gasteiger partial charge in [0.05, 0.1) is 6.10 Å². The van der Waals surface area contributed by atoms with E-state index in [9.17, 15) is 5.11 Å². The van der Waals surface area contributed by atoms with E-state index in [1.54, 1.807) is 0 Å². The van der Waals surface area contributed by atoms with Crippen LogP contribution in [0.25, 0.3) is 0 Å². The molecule has 2 rings (SSSR count). The molecule has 1 aromatic rings. The van der Waals surface area contributed by atoms with E-state index in [0.717, 1.165) is 25.7 Å². The Morgan fingerprint density at radius 3 is 2.29 bits per heavy atom. The van der Waals surface area contributed by atoms with Crippen LogP contribution in [0.4, 0.5) is 0 Å². The van der Waals surface area contributed by atoms with Gasteiger partial charge < -0.3 is 10.8 Å². The number of aliphatic hydroxyl groups is 1. The van der Waals surface area contributed by atoms with Crippen LogP contribution in [0.5, 0.6) is 0 Å². The van der Waals surface area contributed by atoms with Gasteiger partial charge in [-0.15, -0.1) is 0 Å². The topological polar surface area (TPSA) is 46.2 Å². The molecular formula is C12H17NO. The molecule has 1 saturated carbocycles. The van der Waals surface area contributed by atoms with Gasteiger partial charge in [-0.1, -0.05) is 30.3 Å². The average Bonchev–Trinajstić information content (AvgIpc) is 2.24. The lowest BCUT2D eigenvalue weighted by atomic mass is 9.76. The standard InChI is InChI=1S/C12H17NO/c13-12(8-6-11(14)7-9-12)10-4-2-1-3-5-10/h1-5,11,14H,6-9,13H2. The molecule has 14 heavy (non-hydrogen) atoms. The van der Waals surface area contributed by atoms with E-state index in [0.29, 0.717) is 0 Å². The summed E-state index contributed by atoms with van der Waals surface area (Å²) < 4.78 is 0. The lowest BCUT2D eigenvalue weighted by Crippen LogP contribution is -2.41. The van der Waals surface area contributed by atoms with Crippen LogP contribution in [-0.2, 0) is 5.54 Å². The maximum absolute atomic E-state index is 9.43. The van der Waals surface area contributed by atoms with Crippen molar-refractivity contribution in [3.05, 3.63) is 35.9 Å². The molecule has 0 heterocycles. The molecule has 0 radical (unpaired) electrons. The van der Waals surface area contributed by atoms with E-state index >= 15 is 0 Å². The molecule has 1 aromatic carbocycles. The molecule has 1 aliphatic rings. The van der Waals surface area contributed by atoms with Gasteiger partial charge in [-0.3, -0.25) is 0 Å². The molecule has 1 fully saturated rings. The zero-order valence-corrected chi connectivity index (χ0v) is 8.32. The van der Waals surface area contributed by atoms with E-state index in [2.05, 4.69) is 12.1 Å². The summed E-state index contributed by atoms with van der Waals surface area (Å²) in [5, 5.41) is 9.43. The van der Waals surface area contributed by atoms with Crippen LogP contribution in [0.2, 0.25) is 0 Å². The van der Waals surface area contributed by atoms with E-state index < -0.39 is 0 Å². The Bertz CT molecular complexity index is 288. The lowest BCUT2D eigenvalue weighted by Gasteiger charge is -2.36. The summed E-state index contributed by atoms with van der Waals surface area (Å²) in [6, 6.07) is 10.2. The van der Waals surface area contributed by atoms with Crippen molar-refractivity contribution in [2.45, 2.75) is 37.3 Å². The minimum absolute atomic E-state index is 0.143. The maximum atomic E-state index is 9.43. The van der Waals surface area contributed by atoms with Crippen LogP contribution in [0, 0.1) is 0 Å². The first-order valence-electron chi connectivity index (χ1n) is 5.23. The Morgan fingerprint density at radius 2 is 1.71 bits per heavy atom. The van der Waals surface area contributed by atoms with Crippen molar-refractivity contribution in [3.63, 3.8) is 0 Å². The second-order valence-corrected chi connectivity index (χ2v) is 4.25. The fraction of sp³-hybridized carbons (Fsp3) is 0.500. The van der Waals surface area contributed by atoms with E-state index in [1.165, 1.54) is 5.56 Å². The molecule has 0 bridgehead atoms. The van der Waals surface area contributed by atoms with Gasteiger partial charge in [0.25, 0.3) is 0 Å². The summed E-state index contributed by atoms with van der Waals surface area (Å²) in [5.74, 6) is 0. The van der Waals surface area contributed by atoms with Crippen molar-refractivity contribution in [1.82, 2.24) is 0 Å². The van der Waals surface area contributed by atoms with E-state index in [1.807, 2.05) is 18.2 Å². The van der Waals surface area contributed by atoms with Crippen LogP contribution >= 0.6 is 0 Å². The Balaban J connectivity index is 2.17. The predicted octanol–water partition coefficient (Wildman–Crippen LogP) is 1.78. The largest absolute Gasteiger partial charge is 0.393 e. The highest BCUT2D eigenvalue weighted by atomic mass is 16.3. The van der Waals surface area contributed by atoms with Gasteiger partial charge in [0.15, 0.2) is 0 Å². The normalized spacial score (nSPS) is 32.9. The summed E-state index contributed by atoms with van der Waals surface area (Å²) >= 11 is 0. The van der Waals surface area contributed by atoms with Gasteiger partial charge in [0, 0.05) is 5.54 Å². The summed E-state index contributed by atoms with van der Waals surface area (Å²) in [5.41, 5.74) is 7.32. The molecule has 0 saturated heterocycles. The molecule has 3 N–H and O–H groups in total. The fourth-order valence-corrected chi connectivity index (χ4v) is 2.18.